The molecule has 4 nitrogen and oxygen atoms in total. The van der Waals surface area contributed by atoms with Crippen molar-refractivity contribution in [3.05, 3.63) is 34.9 Å². The number of carbonyl (C=O) groups excluding carboxylic acids is 1. The molecule has 1 saturated heterocycles. The summed E-state index contributed by atoms with van der Waals surface area (Å²) in [5.74, 6) is -1.25. The molecule has 1 heterocycles. The van der Waals surface area contributed by atoms with Crippen LogP contribution in [0.15, 0.2) is 24.3 Å². The number of piperidine rings is 1. The van der Waals surface area contributed by atoms with Crippen molar-refractivity contribution in [2.75, 3.05) is 6.54 Å². The predicted octanol–water partition coefficient (Wildman–Crippen LogP) is 2.42. The second-order valence-electron chi connectivity index (χ2n) is 4.33. The maximum Gasteiger partial charge on any atom is 0.326 e. The second-order valence-corrected chi connectivity index (χ2v) is 4.74. The van der Waals surface area contributed by atoms with Crippen molar-refractivity contribution < 1.29 is 14.7 Å². The molecular weight excluding hydrogens is 254 g/mol. The highest BCUT2D eigenvalue weighted by atomic mass is 35.5. The average Bonchev–Trinajstić information content (AvgIpc) is 2.38. The third-order valence-electron chi connectivity index (χ3n) is 3.15. The van der Waals surface area contributed by atoms with Gasteiger partial charge in [0.25, 0.3) is 5.91 Å². The van der Waals surface area contributed by atoms with Crippen molar-refractivity contribution in [2.24, 2.45) is 0 Å². The average molecular weight is 268 g/mol. The Balaban J connectivity index is 2.27. The van der Waals surface area contributed by atoms with Gasteiger partial charge in [-0.05, 0) is 31.4 Å². The van der Waals surface area contributed by atoms with Crippen LogP contribution in [0.2, 0.25) is 5.02 Å². The largest absolute Gasteiger partial charge is 0.480 e. The van der Waals surface area contributed by atoms with E-state index in [1.807, 2.05) is 0 Å². The zero-order valence-corrected chi connectivity index (χ0v) is 10.6. The van der Waals surface area contributed by atoms with E-state index in [0.29, 0.717) is 23.6 Å². The molecule has 0 aromatic heterocycles. The van der Waals surface area contributed by atoms with E-state index in [9.17, 15) is 9.59 Å². The van der Waals surface area contributed by atoms with Gasteiger partial charge in [-0.1, -0.05) is 23.7 Å². The summed E-state index contributed by atoms with van der Waals surface area (Å²) in [6.07, 6.45) is 2.18. The summed E-state index contributed by atoms with van der Waals surface area (Å²) in [4.78, 5) is 24.9. The van der Waals surface area contributed by atoms with Gasteiger partial charge in [0.15, 0.2) is 0 Å². The van der Waals surface area contributed by atoms with Gasteiger partial charge in [0.1, 0.15) is 6.04 Å². The number of rotatable bonds is 2. The quantitative estimate of drug-likeness (QED) is 0.895. The summed E-state index contributed by atoms with van der Waals surface area (Å²) in [6, 6.07) is 5.98. The summed E-state index contributed by atoms with van der Waals surface area (Å²) >= 11 is 5.97. The van der Waals surface area contributed by atoms with E-state index >= 15 is 0 Å². The number of aliphatic carboxylic acids is 1. The lowest BCUT2D eigenvalue weighted by Crippen LogP contribution is -2.48. The molecule has 1 aromatic carbocycles. The zero-order chi connectivity index (χ0) is 13.1. The first-order chi connectivity index (χ1) is 8.61. The molecule has 1 amide bonds. The van der Waals surface area contributed by atoms with Gasteiger partial charge in [0.2, 0.25) is 0 Å². The maximum absolute atomic E-state index is 12.3. The van der Waals surface area contributed by atoms with Gasteiger partial charge in [-0.25, -0.2) is 4.79 Å². The first kappa shape index (κ1) is 12.9. The van der Waals surface area contributed by atoms with Crippen molar-refractivity contribution in [1.82, 2.24) is 4.90 Å². The molecule has 0 unspecified atom stereocenters. The molecular formula is C13H14ClNO3. The number of carboxylic acid groups (broad SMARTS) is 1. The van der Waals surface area contributed by atoms with Crippen molar-refractivity contribution in [3.8, 4) is 0 Å². The van der Waals surface area contributed by atoms with Gasteiger partial charge in [0, 0.05) is 6.54 Å². The minimum Gasteiger partial charge on any atom is -0.480 e. The molecule has 0 radical (unpaired) electrons. The van der Waals surface area contributed by atoms with E-state index in [2.05, 4.69) is 0 Å². The third-order valence-corrected chi connectivity index (χ3v) is 3.48. The van der Waals surface area contributed by atoms with Crippen LogP contribution in [0.5, 0.6) is 0 Å². The molecule has 0 aliphatic carbocycles. The summed E-state index contributed by atoms with van der Waals surface area (Å²) in [5.41, 5.74) is 0.368. The van der Waals surface area contributed by atoms with Crippen molar-refractivity contribution >= 4 is 23.5 Å². The topological polar surface area (TPSA) is 57.6 Å². The SMILES string of the molecule is O=C(O)[C@H]1CCCCN1C(=O)c1ccccc1Cl. The second kappa shape index (κ2) is 5.40. The lowest BCUT2D eigenvalue weighted by molar-refractivity contribution is -0.143. The standard InChI is InChI=1S/C13H14ClNO3/c14-10-6-2-1-5-9(10)12(16)15-8-4-3-7-11(15)13(17)18/h1-2,5-6,11H,3-4,7-8H2,(H,17,18)/t11-/m1/s1. The van der Waals surface area contributed by atoms with E-state index in [0.717, 1.165) is 12.8 Å². The van der Waals surface area contributed by atoms with Crippen LogP contribution in [0.25, 0.3) is 0 Å². The number of amides is 1. The molecule has 0 bridgehead atoms. The molecule has 1 aromatic rings. The van der Waals surface area contributed by atoms with E-state index in [-0.39, 0.29) is 5.91 Å². The first-order valence-corrected chi connectivity index (χ1v) is 6.27. The fourth-order valence-corrected chi connectivity index (χ4v) is 2.44. The molecule has 0 saturated carbocycles. The van der Waals surface area contributed by atoms with E-state index in [1.54, 1.807) is 24.3 Å². The van der Waals surface area contributed by atoms with Gasteiger partial charge in [0.05, 0.1) is 10.6 Å². The fraction of sp³-hybridized carbons (Fsp3) is 0.385. The number of benzene rings is 1. The maximum atomic E-state index is 12.3. The molecule has 18 heavy (non-hydrogen) atoms. The Morgan fingerprint density at radius 3 is 2.67 bits per heavy atom. The van der Waals surface area contributed by atoms with Crippen LogP contribution in [0.3, 0.4) is 0 Å². The first-order valence-electron chi connectivity index (χ1n) is 5.89. The predicted molar refractivity (Wildman–Crippen MR) is 67.8 cm³/mol. The van der Waals surface area contributed by atoms with Crippen LogP contribution < -0.4 is 0 Å². The normalized spacial score (nSPS) is 19.6. The Bertz CT molecular complexity index is 475. The van der Waals surface area contributed by atoms with E-state index in [1.165, 1.54) is 4.90 Å². The van der Waals surface area contributed by atoms with Gasteiger partial charge in [-0.15, -0.1) is 0 Å². The molecule has 1 aliphatic rings. The summed E-state index contributed by atoms with van der Waals surface area (Å²) in [6.45, 7) is 0.473. The lowest BCUT2D eigenvalue weighted by Gasteiger charge is -2.33. The minimum atomic E-state index is -0.949. The van der Waals surface area contributed by atoms with E-state index < -0.39 is 12.0 Å². The highest BCUT2D eigenvalue weighted by molar-refractivity contribution is 6.33. The van der Waals surface area contributed by atoms with Crippen molar-refractivity contribution in [1.29, 1.82) is 0 Å². The molecule has 0 spiro atoms. The molecule has 5 heteroatoms. The fourth-order valence-electron chi connectivity index (χ4n) is 2.22. The van der Waals surface area contributed by atoms with Crippen LogP contribution >= 0.6 is 11.6 Å². The van der Waals surface area contributed by atoms with Gasteiger partial charge in [-0.2, -0.15) is 0 Å². The van der Waals surface area contributed by atoms with Gasteiger partial charge < -0.3 is 10.0 Å². The molecule has 2 rings (SSSR count). The molecule has 96 valence electrons. The van der Waals surface area contributed by atoms with Crippen LogP contribution in [0.4, 0.5) is 0 Å². The lowest BCUT2D eigenvalue weighted by atomic mass is 10.0. The Kier molecular flexibility index (Phi) is 3.87. The number of carbonyl (C=O) groups is 2. The summed E-state index contributed by atoms with van der Waals surface area (Å²) in [5, 5.41) is 9.51. The summed E-state index contributed by atoms with van der Waals surface area (Å²) < 4.78 is 0. The van der Waals surface area contributed by atoms with Crippen LogP contribution in [-0.2, 0) is 4.79 Å². The number of hydrogen-bond donors (Lipinski definition) is 1. The van der Waals surface area contributed by atoms with Gasteiger partial charge in [-0.3, -0.25) is 4.79 Å². The highest BCUT2D eigenvalue weighted by Crippen LogP contribution is 2.23. The zero-order valence-electron chi connectivity index (χ0n) is 9.80. The van der Waals surface area contributed by atoms with Crippen LogP contribution in [0.1, 0.15) is 29.6 Å². The van der Waals surface area contributed by atoms with Crippen molar-refractivity contribution in [3.63, 3.8) is 0 Å². The third kappa shape index (κ3) is 2.48. The number of likely N-dealkylation sites (tertiary alicyclic amines) is 1. The van der Waals surface area contributed by atoms with Crippen LogP contribution in [-0.4, -0.2) is 34.5 Å². The Morgan fingerprint density at radius 2 is 2.00 bits per heavy atom. The van der Waals surface area contributed by atoms with Crippen LogP contribution in [0, 0.1) is 0 Å². The smallest absolute Gasteiger partial charge is 0.326 e. The van der Waals surface area contributed by atoms with Crippen molar-refractivity contribution in [2.45, 2.75) is 25.3 Å². The molecule has 1 fully saturated rings. The molecule has 1 aliphatic heterocycles. The minimum absolute atomic E-state index is 0.298. The molecule has 1 atom stereocenters. The van der Waals surface area contributed by atoms with E-state index in [4.69, 9.17) is 16.7 Å². The molecule has 1 N–H and O–H groups in total. The Labute approximate surface area is 110 Å². The number of halogens is 1. The number of hydrogen-bond acceptors (Lipinski definition) is 2. The number of carboxylic acids is 1. The Morgan fingerprint density at radius 1 is 1.28 bits per heavy atom. The summed E-state index contributed by atoms with van der Waals surface area (Å²) in [7, 11) is 0. The Hall–Kier alpha value is -1.55. The number of nitrogens with zero attached hydrogens (tertiary/aromatic N) is 1. The van der Waals surface area contributed by atoms with Gasteiger partial charge >= 0.3 is 5.97 Å². The highest BCUT2D eigenvalue weighted by Gasteiger charge is 2.32. The monoisotopic (exact) mass is 267 g/mol.